The maximum Gasteiger partial charge on any atom is 0.241 e. The summed E-state index contributed by atoms with van der Waals surface area (Å²) in [5.74, 6) is 2.06. The van der Waals surface area contributed by atoms with Gasteiger partial charge < -0.3 is 19.3 Å². The van der Waals surface area contributed by atoms with Crippen LogP contribution in [0.5, 0.6) is 11.5 Å². The molecule has 9 heteroatoms. The lowest BCUT2D eigenvalue weighted by Gasteiger charge is -2.19. The zero-order valence-electron chi connectivity index (χ0n) is 19.2. The first-order valence-corrected chi connectivity index (χ1v) is 11.7. The average Bonchev–Trinajstić information content (AvgIpc) is 2.81. The van der Waals surface area contributed by atoms with Gasteiger partial charge in [-0.3, -0.25) is 9.59 Å². The lowest BCUT2D eigenvalue weighted by Crippen LogP contribution is -2.20. The van der Waals surface area contributed by atoms with Crippen LogP contribution >= 0.6 is 0 Å². The molecular weight excluding hydrogens is 457 g/mol. The van der Waals surface area contributed by atoms with Crippen LogP contribution in [0.1, 0.15) is 28.4 Å². The van der Waals surface area contributed by atoms with Crippen molar-refractivity contribution in [1.29, 1.82) is 0 Å². The predicted octanol–water partition coefficient (Wildman–Crippen LogP) is 4.34. The first kappa shape index (κ1) is 24.7. The van der Waals surface area contributed by atoms with E-state index in [0.717, 1.165) is 0 Å². The number of anilines is 2. The molecule has 1 heterocycles. The van der Waals surface area contributed by atoms with Gasteiger partial charge in [-0.1, -0.05) is 6.92 Å². The SMILES string of the molecule is C#CC(=O)c1cn(-c2cc(NS(=O)CC)ccc2Oc2c(C)cc(F)cc2C)cc(NC)c1=O. The van der Waals surface area contributed by atoms with Gasteiger partial charge in [-0.2, -0.15) is 0 Å². The second-order valence-electron chi connectivity index (χ2n) is 7.43. The van der Waals surface area contributed by atoms with Crippen LogP contribution in [-0.2, 0) is 11.0 Å². The molecule has 2 aromatic carbocycles. The van der Waals surface area contributed by atoms with Gasteiger partial charge in [-0.05, 0) is 61.2 Å². The Bertz CT molecular complexity index is 1370. The van der Waals surface area contributed by atoms with Crippen molar-refractivity contribution >= 4 is 28.1 Å². The van der Waals surface area contributed by atoms with E-state index < -0.39 is 22.2 Å². The highest BCUT2D eigenvalue weighted by molar-refractivity contribution is 7.86. The van der Waals surface area contributed by atoms with Crippen molar-refractivity contribution in [3.05, 3.63) is 75.5 Å². The fourth-order valence-electron chi connectivity index (χ4n) is 3.38. The molecule has 0 spiro atoms. The maximum atomic E-state index is 13.8. The third-order valence-electron chi connectivity index (χ3n) is 5.04. The van der Waals surface area contributed by atoms with Crippen molar-refractivity contribution in [2.75, 3.05) is 22.8 Å². The van der Waals surface area contributed by atoms with Crippen molar-refractivity contribution in [3.8, 4) is 29.5 Å². The second kappa shape index (κ2) is 10.4. The summed E-state index contributed by atoms with van der Waals surface area (Å²) in [7, 11) is 0.247. The summed E-state index contributed by atoms with van der Waals surface area (Å²) < 4.78 is 36.5. The second-order valence-corrected chi connectivity index (χ2v) is 8.91. The molecule has 0 radical (unpaired) electrons. The van der Waals surface area contributed by atoms with E-state index in [-0.39, 0.29) is 17.1 Å². The molecule has 34 heavy (non-hydrogen) atoms. The van der Waals surface area contributed by atoms with Gasteiger partial charge >= 0.3 is 0 Å². The van der Waals surface area contributed by atoms with E-state index in [4.69, 9.17) is 11.2 Å². The molecule has 2 N–H and O–H groups in total. The van der Waals surface area contributed by atoms with Gasteiger partial charge in [0.05, 0.1) is 16.9 Å². The van der Waals surface area contributed by atoms with Gasteiger partial charge in [-0.15, -0.1) is 6.42 Å². The number of pyridine rings is 1. The number of terminal acetylenes is 1. The minimum Gasteiger partial charge on any atom is -0.455 e. The Hall–Kier alpha value is -3.90. The number of rotatable bonds is 8. The number of benzene rings is 2. The van der Waals surface area contributed by atoms with Crippen LogP contribution < -0.4 is 20.2 Å². The van der Waals surface area contributed by atoms with Crippen LogP contribution in [0.3, 0.4) is 0 Å². The highest BCUT2D eigenvalue weighted by Gasteiger charge is 2.17. The lowest BCUT2D eigenvalue weighted by molar-refractivity contribution is 0.105. The van der Waals surface area contributed by atoms with E-state index in [9.17, 15) is 18.2 Å². The monoisotopic (exact) mass is 481 g/mol. The molecule has 0 saturated carbocycles. The van der Waals surface area contributed by atoms with Crippen LogP contribution in [0.2, 0.25) is 0 Å². The molecule has 3 aromatic rings. The number of aromatic nitrogens is 1. The van der Waals surface area contributed by atoms with Gasteiger partial charge in [0, 0.05) is 30.9 Å². The summed E-state index contributed by atoms with van der Waals surface area (Å²) in [5, 5.41) is 2.77. The molecular formula is C25H24FN3O4S. The molecule has 1 aromatic heterocycles. The van der Waals surface area contributed by atoms with Gasteiger partial charge in [0.1, 0.15) is 22.6 Å². The fraction of sp³-hybridized carbons (Fsp3) is 0.200. The summed E-state index contributed by atoms with van der Waals surface area (Å²) in [6, 6.07) is 7.75. The zero-order chi connectivity index (χ0) is 25.0. The fourth-order valence-corrected chi connectivity index (χ4v) is 3.91. The summed E-state index contributed by atoms with van der Waals surface area (Å²) in [6.07, 6.45) is 8.09. The Morgan fingerprint density at radius 3 is 2.47 bits per heavy atom. The molecule has 0 aliphatic rings. The van der Waals surface area contributed by atoms with Crippen LogP contribution in [0, 0.1) is 32.0 Å². The predicted molar refractivity (Wildman–Crippen MR) is 133 cm³/mol. The molecule has 7 nitrogen and oxygen atoms in total. The molecule has 0 bridgehead atoms. The van der Waals surface area contributed by atoms with Gasteiger partial charge in [-0.25, -0.2) is 8.60 Å². The van der Waals surface area contributed by atoms with Crippen LogP contribution in [-0.4, -0.2) is 27.4 Å². The summed E-state index contributed by atoms with van der Waals surface area (Å²) >= 11 is 0. The zero-order valence-corrected chi connectivity index (χ0v) is 20.0. The minimum absolute atomic E-state index is 0.150. The standard InChI is InChI=1S/C25H24FN3O4S/c1-6-22(30)19-13-29(14-20(27-5)24(19)31)21-12-18(28-34(32)7-2)8-9-23(21)33-25-15(3)10-17(26)11-16(25)4/h1,8-14,27-28H,7H2,2-5H3. The summed E-state index contributed by atoms with van der Waals surface area (Å²) in [4.78, 5) is 24.9. The van der Waals surface area contributed by atoms with E-state index in [0.29, 0.717) is 39.8 Å². The number of nitrogens with zero attached hydrogens (tertiary/aromatic N) is 1. The first-order valence-electron chi connectivity index (χ1n) is 10.4. The lowest BCUT2D eigenvalue weighted by atomic mass is 10.1. The number of ketones is 1. The highest BCUT2D eigenvalue weighted by Crippen LogP contribution is 2.35. The molecule has 176 valence electrons. The first-order chi connectivity index (χ1) is 16.2. The largest absolute Gasteiger partial charge is 0.455 e. The number of aryl methyl sites for hydroxylation is 2. The number of hydrogen-bond donors (Lipinski definition) is 2. The molecule has 3 rings (SSSR count). The van der Waals surface area contributed by atoms with Crippen molar-refractivity contribution in [1.82, 2.24) is 4.57 Å². The topological polar surface area (TPSA) is 89.4 Å². The molecule has 0 saturated heterocycles. The number of nitrogens with one attached hydrogen (secondary N) is 2. The smallest absolute Gasteiger partial charge is 0.241 e. The summed E-state index contributed by atoms with van der Waals surface area (Å²) in [6.45, 7) is 5.24. The quantitative estimate of drug-likeness (QED) is 0.284. The van der Waals surface area contributed by atoms with Gasteiger partial charge in [0.2, 0.25) is 11.2 Å². The Kier molecular flexibility index (Phi) is 7.54. The number of Topliss-reactive ketones (excluding diaryl/α,β-unsaturated/α-hetero) is 1. The van der Waals surface area contributed by atoms with E-state index >= 15 is 0 Å². The number of ether oxygens (including phenoxy) is 1. The van der Waals surface area contributed by atoms with Crippen molar-refractivity contribution in [2.24, 2.45) is 0 Å². The maximum absolute atomic E-state index is 13.8. The normalized spacial score (nSPS) is 11.4. The third kappa shape index (κ3) is 5.18. The van der Waals surface area contributed by atoms with Crippen molar-refractivity contribution < 1.29 is 18.1 Å². The average molecular weight is 482 g/mol. The molecule has 1 atom stereocenters. The Labute approximate surface area is 199 Å². The molecule has 0 aliphatic carbocycles. The van der Waals surface area contributed by atoms with Crippen LogP contribution in [0.4, 0.5) is 15.8 Å². The molecule has 0 aliphatic heterocycles. The highest BCUT2D eigenvalue weighted by atomic mass is 32.2. The Morgan fingerprint density at radius 2 is 1.88 bits per heavy atom. The Balaban J connectivity index is 2.25. The Morgan fingerprint density at radius 1 is 1.21 bits per heavy atom. The van der Waals surface area contributed by atoms with Gasteiger partial charge in [0.15, 0.2) is 5.75 Å². The molecule has 0 amide bonds. The number of hydrogen-bond acceptors (Lipinski definition) is 5. The number of carbonyl (C=O) groups excluding carboxylic acids is 1. The molecule has 1 unspecified atom stereocenters. The van der Waals surface area contributed by atoms with Gasteiger partial charge in [0.25, 0.3) is 0 Å². The third-order valence-corrected chi connectivity index (χ3v) is 6.03. The summed E-state index contributed by atoms with van der Waals surface area (Å²) in [5.41, 5.74) is 1.58. The van der Waals surface area contributed by atoms with Crippen LogP contribution in [0.15, 0.2) is 47.5 Å². The number of halogens is 1. The van der Waals surface area contributed by atoms with Crippen LogP contribution in [0.25, 0.3) is 5.69 Å². The van der Waals surface area contributed by atoms with Crippen molar-refractivity contribution in [2.45, 2.75) is 20.8 Å². The van der Waals surface area contributed by atoms with Crippen molar-refractivity contribution in [3.63, 3.8) is 0 Å². The minimum atomic E-state index is -1.30. The van der Waals surface area contributed by atoms with E-state index in [1.165, 1.54) is 29.1 Å². The number of carbonyl (C=O) groups is 1. The van der Waals surface area contributed by atoms with E-state index in [1.54, 1.807) is 46.0 Å². The molecule has 0 fully saturated rings. The van der Waals surface area contributed by atoms with E-state index in [1.807, 2.05) is 5.92 Å². The van der Waals surface area contributed by atoms with E-state index in [2.05, 4.69) is 10.0 Å².